The Balaban J connectivity index is 1.37. The molecule has 0 unspecified atom stereocenters. The zero-order valence-electron chi connectivity index (χ0n) is 15.4. The molecular formula is C19H23N5O2S. The first-order valence-corrected chi connectivity index (χ1v) is 10.2. The van der Waals surface area contributed by atoms with Gasteiger partial charge in [-0.3, -0.25) is 14.5 Å². The molecule has 2 heterocycles. The van der Waals surface area contributed by atoms with Crippen LogP contribution in [0.5, 0.6) is 0 Å². The largest absolute Gasteiger partial charge is 0.348 e. The molecular weight excluding hydrogens is 362 g/mol. The van der Waals surface area contributed by atoms with Gasteiger partial charge < -0.3 is 10.2 Å². The summed E-state index contributed by atoms with van der Waals surface area (Å²) < 4.78 is 0. The van der Waals surface area contributed by atoms with Gasteiger partial charge in [0, 0.05) is 20.0 Å². The summed E-state index contributed by atoms with van der Waals surface area (Å²) in [6, 6.07) is 8.39. The number of rotatable bonds is 5. The van der Waals surface area contributed by atoms with E-state index in [1.807, 2.05) is 13.1 Å². The van der Waals surface area contributed by atoms with Crippen LogP contribution in [0.1, 0.15) is 42.9 Å². The summed E-state index contributed by atoms with van der Waals surface area (Å²) in [5, 5.41) is 12.7. The molecule has 1 saturated heterocycles. The molecule has 142 valence electrons. The molecule has 27 heavy (non-hydrogen) atoms. The van der Waals surface area contributed by atoms with Crippen molar-refractivity contribution in [2.75, 3.05) is 29.9 Å². The van der Waals surface area contributed by atoms with E-state index in [0.29, 0.717) is 23.2 Å². The number of nitrogens with one attached hydrogen (secondary N) is 1. The van der Waals surface area contributed by atoms with Crippen LogP contribution in [0.4, 0.5) is 10.3 Å². The van der Waals surface area contributed by atoms with Crippen LogP contribution in [0.3, 0.4) is 0 Å². The summed E-state index contributed by atoms with van der Waals surface area (Å²) in [5.74, 6) is 0.0576. The lowest BCUT2D eigenvalue weighted by atomic mass is 9.88. The SMILES string of the molecule is CN(CC(=O)N[C@H]1CCCc2ccccc21)c1nnc(N2CCCC2=O)s1. The number of hydrogen-bond donors (Lipinski definition) is 1. The number of amides is 2. The van der Waals surface area contributed by atoms with E-state index in [4.69, 9.17) is 0 Å². The molecule has 1 atom stereocenters. The van der Waals surface area contributed by atoms with Crippen molar-refractivity contribution in [1.29, 1.82) is 0 Å². The fourth-order valence-electron chi connectivity index (χ4n) is 3.75. The number of carbonyl (C=O) groups is 2. The van der Waals surface area contributed by atoms with Crippen LogP contribution in [-0.2, 0) is 16.0 Å². The van der Waals surface area contributed by atoms with Gasteiger partial charge in [-0.05, 0) is 36.8 Å². The van der Waals surface area contributed by atoms with Crippen LogP contribution in [0, 0.1) is 0 Å². The average Bonchev–Trinajstić information content (AvgIpc) is 3.30. The summed E-state index contributed by atoms with van der Waals surface area (Å²) in [7, 11) is 1.82. The number of benzene rings is 1. The molecule has 1 N–H and O–H groups in total. The van der Waals surface area contributed by atoms with Crippen LogP contribution in [0.25, 0.3) is 0 Å². The molecule has 0 saturated carbocycles. The highest BCUT2D eigenvalue weighted by molar-refractivity contribution is 7.19. The van der Waals surface area contributed by atoms with Gasteiger partial charge in [0.05, 0.1) is 12.6 Å². The number of nitrogens with zero attached hydrogens (tertiary/aromatic N) is 4. The molecule has 0 bridgehead atoms. The molecule has 8 heteroatoms. The number of carbonyl (C=O) groups excluding carboxylic acids is 2. The van der Waals surface area contributed by atoms with Crippen LogP contribution >= 0.6 is 11.3 Å². The molecule has 1 aromatic heterocycles. The van der Waals surface area contributed by atoms with Gasteiger partial charge >= 0.3 is 0 Å². The molecule has 2 amide bonds. The van der Waals surface area contributed by atoms with Crippen molar-refractivity contribution >= 4 is 33.4 Å². The van der Waals surface area contributed by atoms with E-state index >= 15 is 0 Å². The van der Waals surface area contributed by atoms with Gasteiger partial charge in [-0.2, -0.15) is 0 Å². The normalized spacial score (nSPS) is 19.1. The molecule has 7 nitrogen and oxygen atoms in total. The minimum Gasteiger partial charge on any atom is -0.348 e. The molecule has 4 rings (SSSR count). The van der Waals surface area contributed by atoms with Gasteiger partial charge in [0.25, 0.3) is 0 Å². The molecule has 2 aliphatic rings. The number of likely N-dealkylation sites (N-methyl/N-ethyl adjacent to an activating group) is 1. The molecule has 0 spiro atoms. The number of aryl methyl sites for hydroxylation is 1. The second-order valence-electron chi connectivity index (χ2n) is 7.08. The van der Waals surface area contributed by atoms with Crippen molar-refractivity contribution < 1.29 is 9.59 Å². The van der Waals surface area contributed by atoms with Crippen molar-refractivity contribution in [3.63, 3.8) is 0 Å². The van der Waals surface area contributed by atoms with Gasteiger partial charge in [0.2, 0.25) is 22.1 Å². The Kier molecular flexibility index (Phi) is 5.07. The minimum atomic E-state index is -0.0341. The van der Waals surface area contributed by atoms with Crippen LogP contribution in [-0.4, -0.2) is 42.1 Å². The van der Waals surface area contributed by atoms with E-state index in [-0.39, 0.29) is 24.4 Å². The van der Waals surface area contributed by atoms with Gasteiger partial charge in [0.15, 0.2) is 0 Å². The first-order chi connectivity index (χ1) is 13.1. The van der Waals surface area contributed by atoms with Crippen molar-refractivity contribution in [3.05, 3.63) is 35.4 Å². The second kappa shape index (κ2) is 7.64. The molecule has 1 aliphatic carbocycles. The summed E-state index contributed by atoms with van der Waals surface area (Å²) in [6.07, 6.45) is 4.55. The fraction of sp³-hybridized carbons (Fsp3) is 0.474. The summed E-state index contributed by atoms with van der Waals surface area (Å²) in [4.78, 5) is 27.9. The number of hydrogen-bond acceptors (Lipinski definition) is 6. The quantitative estimate of drug-likeness (QED) is 0.854. The zero-order valence-corrected chi connectivity index (χ0v) is 16.2. The van der Waals surface area contributed by atoms with Gasteiger partial charge in [-0.1, -0.05) is 35.6 Å². The van der Waals surface area contributed by atoms with Crippen molar-refractivity contribution in [3.8, 4) is 0 Å². The Labute approximate surface area is 162 Å². The van der Waals surface area contributed by atoms with E-state index in [9.17, 15) is 9.59 Å². The van der Waals surface area contributed by atoms with Crippen molar-refractivity contribution in [1.82, 2.24) is 15.5 Å². The predicted molar refractivity (Wildman–Crippen MR) is 105 cm³/mol. The smallest absolute Gasteiger partial charge is 0.240 e. The lowest BCUT2D eigenvalue weighted by molar-refractivity contribution is -0.120. The van der Waals surface area contributed by atoms with E-state index in [2.05, 4.69) is 33.7 Å². The third-order valence-corrected chi connectivity index (χ3v) is 6.18. The summed E-state index contributed by atoms with van der Waals surface area (Å²) in [6.45, 7) is 0.903. The van der Waals surface area contributed by atoms with Crippen molar-refractivity contribution in [2.45, 2.75) is 38.1 Å². The van der Waals surface area contributed by atoms with E-state index < -0.39 is 0 Å². The maximum Gasteiger partial charge on any atom is 0.240 e. The molecule has 1 fully saturated rings. The van der Waals surface area contributed by atoms with Gasteiger partial charge in [-0.25, -0.2) is 0 Å². The lowest BCUT2D eigenvalue weighted by Gasteiger charge is -2.27. The van der Waals surface area contributed by atoms with Gasteiger partial charge in [0.1, 0.15) is 0 Å². The summed E-state index contributed by atoms with van der Waals surface area (Å²) >= 11 is 1.35. The zero-order chi connectivity index (χ0) is 18.8. The Bertz CT molecular complexity index is 852. The average molecular weight is 385 g/mol. The lowest BCUT2D eigenvalue weighted by Crippen LogP contribution is -2.38. The Morgan fingerprint density at radius 3 is 2.96 bits per heavy atom. The highest BCUT2D eigenvalue weighted by Gasteiger charge is 2.26. The number of anilines is 2. The third kappa shape index (κ3) is 3.80. The highest BCUT2D eigenvalue weighted by Crippen LogP contribution is 2.30. The first-order valence-electron chi connectivity index (χ1n) is 9.34. The fourth-order valence-corrected chi connectivity index (χ4v) is 4.60. The molecule has 1 aliphatic heterocycles. The topological polar surface area (TPSA) is 78.4 Å². The minimum absolute atomic E-state index is 0.0341. The van der Waals surface area contributed by atoms with Crippen LogP contribution in [0.15, 0.2) is 24.3 Å². The Morgan fingerprint density at radius 1 is 1.30 bits per heavy atom. The predicted octanol–water partition coefficient (Wildman–Crippen LogP) is 2.29. The van der Waals surface area contributed by atoms with Gasteiger partial charge in [-0.15, -0.1) is 10.2 Å². The van der Waals surface area contributed by atoms with Crippen molar-refractivity contribution in [2.24, 2.45) is 0 Å². The standard InChI is InChI=1S/C19H23N5O2S/c1-23(18-21-22-19(27-18)24-11-5-10-17(24)26)12-16(25)20-15-9-4-7-13-6-2-3-8-14(13)15/h2-3,6,8,15H,4-5,7,9-12H2,1H3,(H,20,25)/t15-/m0/s1. The first kappa shape index (κ1) is 17.9. The molecule has 1 aromatic carbocycles. The summed E-state index contributed by atoms with van der Waals surface area (Å²) in [5.41, 5.74) is 2.55. The molecule has 0 radical (unpaired) electrons. The number of aromatic nitrogens is 2. The number of fused-ring (bicyclic) bond motifs is 1. The van der Waals surface area contributed by atoms with E-state index in [1.54, 1.807) is 9.80 Å². The highest BCUT2D eigenvalue weighted by atomic mass is 32.1. The third-order valence-electron chi connectivity index (χ3n) is 5.12. The Morgan fingerprint density at radius 2 is 2.15 bits per heavy atom. The maximum atomic E-state index is 12.6. The Hall–Kier alpha value is -2.48. The maximum absolute atomic E-state index is 12.6. The second-order valence-corrected chi connectivity index (χ2v) is 8.02. The molecule has 2 aromatic rings. The van der Waals surface area contributed by atoms with E-state index in [1.165, 1.54) is 22.5 Å². The van der Waals surface area contributed by atoms with Crippen LogP contribution < -0.4 is 15.1 Å². The van der Waals surface area contributed by atoms with Crippen LogP contribution in [0.2, 0.25) is 0 Å². The monoisotopic (exact) mass is 385 g/mol. The van der Waals surface area contributed by atoms with E-state index in [0.717, 1.165) is 25.7 Å².